The number of amides is 1. The van der Waals surface area contributed by atoms with E-state index in [4.69, 9.17) is 16.3 Å². The molecule has 9 nitrogen and oxygen atoms in total. The van der Waals surface area contributed by atoms with Crippen LogP contribution >= 0.6 is 11.6 Å². The van der Waals surface area contributed by atoms with E-state index in [9.17, 15) is 14.4 Å². The lowest BCUT2D eigenvalue weighted by molar-refractivity contribution is -0.116. The SMILES string of the molecule is COc1cccc(NC(=O)Cn2c(=O)n(Cc3ccccc3Cl)c(=O)c3nccnc32)c1. The standard InChI is InChI=1S/C22H18ClN5O4/c1-32-16-7-4-6-15(11-16)26-18(29)13-27-20-19(24-9-10-25-20)21(30)28(22(27)31)12-14-5-2-3-8-17(14)23/h2-11H,12-13H2,1H3,(H,26,29). The second-order valence-corrected chi connectivity index (χ2v) is 7.27. The molecule has 0 unspecified atom stereocenters. The number of hydrogen-bond donors (Lipinski definition) is 1. The highest BCUT2D eigenvalue weighted by Gasteiger charge is 2.18. The molecule has 0 saturated carbocycles. The number of anilines is 1. The summed E-state index contributed by atoms with van der Waals surface area (Å²) in [5.74, 6) is 0.0971. The largest absolute Gasteiger partial charge is 0.497 e. The molecule has 0 atom stereocenters. The molecular formula is C22H18ClN5O4. The first kappa shape index (κ1) is 21.3. The Labute approximate surface area is 186 Å². The van der Waals surface area contributed by atoms with Crippen LogP contribution in [-0.2, 0) is 17.9 Å². The summed E-state index contributed by atoms with van der Waals surface area (Å²) in [5.41, 5.74) is -0.204. The van der Waals surface area contributed by atoms with Crippen molar-refractivity contribution < 1.29 is 9.53 Å². The Morgan fingerprint density at radius 1 is 1.06 bits per heavy atom. The van der Waals surface area contributed by atoms with Crippen LogP contribution in [0.4, 0.5) is 5.69 Å². The van der Waals surface area contributed by atoms with Crippen molar-refractivity contribution in [3.63, 3.8) is 0 Å². The van der Waals surface area contributed by atoms with E-state index in [2.05, 4.69) is 15.3 Å². The summed E-state index contributed by atoms with van der Waals surface area (Å²) in [5, 5.41) is 3.13. The fourth-order valence-corrected chi connectivity index (χ4v) is 3.45. The van der Waals surface area contributed by atoms with Gasteiger partial charge in [-0.05, 0) is 23.8 Å². The van der Waals surface area contributed by atoms with Gasteiger partial charge in [-0.3, -0.25) is 18.7 Å². The molecule has 0 fully saturated rings. The maximum Gasteiger partial charge on any atom is 0.333 e. The Kier molecular flexibility index (Phi) is 6.00. The van der Waals surface area contributed by atoms with Crippen LogP contribution in [0.25, 0.3) is 11.2 Å². The number of ether oxygens (including phenoxy) is 1. The molecule has 4 aromatic rings. The van der Waals surface area contributed by atoms with E-state index in [0.717, 1.165) is 9.13 Å². The fraction of sp³-hybridized carbons (Fsp3) is 0.136. The zero-order valence-corrected chi connectivity index (χ0v) is 17.7. The molecule has 0 bridgehead atoms. The van der Waals surface area contributed by atoms with Crippen molar-refractivity contribution in [1.29, 1.82) is 0 Å². The van der Waals surface area contributed by atoms with Gasteiger partial charge in [0.2, 0.25) is 5.91 Å². The van der Waals surface area contributed by atoms with Crippen LogP contribution < -0.4 is 21.3 Å². The summed E-state index contributed by atoms with van der Waals surface area (Å²) in [6, 6.07) is 13.7. The van der Waals surface area contributed by atoms with Gasteiger partial charge in [0.15, 0.2) is 11.2 Å². The molecular weight excluding hydrogens is 434 g/mol. The van der Waals surface area contributed by atoms with E-state index in [1.807, 2.05) is 0 Å². The third-order valence-corrected chi connectivity index (χ3v) is 5.15. The van der Waals surface area contributed by atoms with Gasteiger partial charge in [0.1, 0.15) is 12.3 Å². The second kappa shape index (κ2) is 9.03. The van der Waals surface area contributed by atoms with Gasteiger partial charge in [0.25, 0.3) is 5.56 Å². The molecule has 1 amide bonds. The monoisotopic (exact) mass is 451 g/mol. The summed E-state index contributed by atoms with van der Waals surface area (Å²) in [6.07, 6.45) is 2.71. The van der Waals surface area contributed by atoms with Gasteiger partial charge < -0.3 is 10.1 Å². The number of nitrogens with one attached hydrogen (secondary N) is 1. The molecule has 0 aliphatic carbocycles. The van der Waals surface area contributed by atoms with Gasteiger partial charge in [-0.15, -0.1) is 0 Å². The molecule has 2 heterocycles. The molecule has 32 heavy (non-hydrogen) atoms. The Balaban J connectivity index is 1.75. The molecule has 2 aromatic carbocycles. The third kappa shape index (κ3) is 4.23. The van der Waals surface area contributed by atoms with Gasteiger partial charge in [0.05, 0.1) is 13.7 Å². The molecule has 10 heteroatoms. The number of aromatic nitrogens is 4. The maximum atomic E-state index is 13.2. The molecule has 0 radical (unpaired) electrons. The number of benzene rings is 2. The van der Waals surface area contributed by atoms with Crippen LogP contribution in [0.1, 0.15) is 5.56 Å². The lowest BCUT2D eigenvalue weighted by atomic mass is 10.2. The minimum atomic E-state index is -0.691. The predicted octanol–water partition coefficient (Wildman–Crippen LogP) is 2.30. The van der Waals surface area contributed by atoms with Crippen LogP contribution in [0.5, 0.6) is 5.75 Å². The van der Waals surface area contributed by atoms with Crippen molar-refractivity contribution in [1.82, 2.24) is 19.1 Å². The quantitative estimate of drug-likeness (QED) is 0.482. The number of halogens is 1. The fourth-order valence-electron chi connectivity index (χ4n) is 3.25. The van der Waals surface area contributed by atoms with E-state index in [-0.39, 0.29) is 24.3 Å². The van der Waals surface area contributed by atoms with Crippen molar-refractivity contribution >= 4 is 34.4 Å². The zero-order valence-electron chi connectivity index (χ0n) is 17.0. The molecule has 2 aromatic heterocycles. The van der Waals surface area contributed by atoms with Crippen LogP contribution in [0, 0.1) is 0 Å². The van der Waals surface area contributed by atoms with Crippen molar-refractivity contribution in [2.24, 2.45) is 0 Å². The highest BCUT2D eigenvalue weighted by Crippen LogP contribution is 2.17. The summed E-state index contributed by atoms with van der Waals surface area (Å²) in [6.45, 7) is -0.435. The number of methoxy groups -OCH3 is 1. The average Bonchev–Trinajstić information content (AvgIpc) is 2.80. The van der Waals surface area contributed by atoms with E-state index in [1.165, 1.54) is 19.5 Å². The molecule has 0 spiro atoms. The topological polar surface area (TPSA) is 108 Å². The van der Waals surface area contributed by atoms with Gasteiger partial charge in [0, 0.05) is 29.2 Å². The summed E-state index contributed by atoms with van der Waals surface area (Å²) < 4.78 is 7.27. The summed E-state index contributed by atoms with van der Waals surface area (Å²) >= 11 is 6.21. The van der Waals surface area contributed by atoms with Crippen LogP contribution in [0.2, 0.25) is 5.02 Å². The highest BCUT2D eigenvalue weighted by molar-refractivity contribution is 6.31. The Morgan fingerprint density at radius 2 is 1.84 bits per heavy atom. The van der Waals surface area contributed by atoms with Crippen LogP contribution in [0.15, 0.2) is 70.5 Å². The maximum absolute atomic E-state index is 13.2. The van der Waals surface area contributed by atoms with E-state index in [0.29, 0.717) is 22.0 Å². The molecule has 4 rings (SSSR count). The van der Waals surface area contributed by atoms with Crippen molar-refractivity contribution in [2.75, 3.05) is 12.4 Å². The minimum absolute atomic E-state index is 0.0201. The molecule has 0 aliphatic heterocycles. The average molecular weight is 452 g/mol. The Hall–Kier alpha value is -3.98. The first-order valence-electron chi connectivity index (χ1n) is 9.59. The Bertz CT molecular complexity index is 1430. The molecule has 0 saturated heterocycles. The van der Waals surface area contributed by atoms with E-state index < -0.39 is 17.2 Å². The predicted molar refractivity (Wildman–Crippen MR) is 120 cm³/mol. The van der Waals surface area contributed by atoms with Gasteiger partial charge in [-0.1, -0.05) is 35.9 Å². The first-order valence-corrected chi connectivity index (χ1v) is 9.97. The van der Waals surface area contributed by atoms with Crippen molar-refractivity contribution in [3.05, 3.63) is 92.3 Å². The Morgan fingerprint density at radius 3 is 2.62 bits per heavy atom. The normalized spacial score (nSPS) is 10.8. The van der Waals surface area contributed by atoms with Crippen molar-refractivity contribution in [2.45, 2.75) is 13.1 Å². The van der Waals surface area contributed by atoms with Gasteiger partial charge >= 0.3 is 5.69 Å². The molecule has 1 N–H and O–H groups in total. The van der Waals surface area contributed by atoms with E-state index >= 15 is 0 Å². The summed E-state index contributed by atoms with van der Waals surface area (Å²) in [7, 11) is 1.52. The lowest BCUT2D eigenvalue weighted by Gasteiger charge is -2.13. The minimum Gasteiger partial charge on any atom is -0.497 e. The van der Waals surface area contributed by atoms with Crippen LogP contribution in [-0.4, -0.2) is 32.1 Å². The van der Waals surface area contributed by atoms with Crippen molar-refractivity contribution in [3.8, 4) is 5.75 Å². The zero-order chi connectivity index (χ0) is 22.7. The number of nitrogens with zero attached hydrogens (tertiary/aromatic N) is 4. The number of carbonyl (C=O) groups excluding carboxylic acids is 1. The molecule has 162 valence electrons. The number of fused-ring (bicyclic) bond motifs is 1. The molecule has 0 aliphatic rings. The first-order chi connectivity index (χ1) is 15.5. The smallest absolute Gasteiger partial charge is 0.333 e. The second-order valence-electron chi connectivity index (χ2n) is 6.86. The number of hydrogen-bond acceptors (Lipinski definition) is 6. The van der Waals surface area contributed by atoms with E-state index in [1.54, 1.807) is 48.5 Å². The van der Waals surface area contributed by atoms with Crippen LogP contribution in [0.3, 0.4) is 0 Å². The summed E-state index contributed by atoms with van der Waals surface area (Å²) in [4.78, 5) is 47.1. The number of rotatable bonds is 6. The third-order valence-electron chi connectivity index (χ3n) is 4.79. The number of carbonyl (C=O) groups is 1. The lowest BCUT2D eigenvalue weighted by Crippen LogP contribution is -2.42. The highest BCUT2D eigenvalue weighted by atomic mass is 35.5. The van der Waals surface area contributed by atoms with Gasteiger partial charge in [-0.2, -0.15) is 0 Å². The van der Waals surface area contributed by atoms with Gasteiger partial charge in [-0.25, -0.2) is 14.8 Å².